The molecule has 3 N–H and O–H groups in total. The summed E-state index contributed by atoms with van der Waals surface area (Å²) in [5.41, 5.74) is 0.602. The van der Waals surface area contributed by atoms with Crippen LogP contribution in [0.15, 0.2) is 29.3 Å². The van der Waals surface area contributed by atoms with Crippen molar-refractivity contribution in [1.29, 1.82) is 0 Å². The Kier molecular flexibility index (Phi) is 9.14. The molecule has 0 saturated carbocycles. The molecule has 23 heavy (non-hydrogen) atoms. The van der Waals surface area contributed by atoms with Gasteiger partial charge in [0.25, 0.3) is 5.91 Å². The molecule has 0 unspecified atom stereocenters. The number of carbonyl (C=O) groups excluding carboxylic acids is 1. The van der Waals surface area contributed by atoms with E-state index in [0.717, 1.165) is 25.3 Å². The summed E-state index contributed by atoms with van der Waals surface area (Å²) in [4.78, 5) is 16.1. The van der Waals surface area contributed by atoms with Crippen LogP contribution in [0.25, 0.3) is 0 Å². The first-order valence-corrected chi connectivity index (χ1v) is 8.46. The minimum absolute atomic E-state index is 0.108. The number of benzene rings is 1. The van der Waals surface area contributed by atoms with Crippen molar-refractivity contribution in [2.45, 2.75) is 26.7 Å². The van der Waals surface area contributed by atoms with Gasteiger partial charge >= 0.3 is 0 Å². The lowest BCUT2D eigenvalue weighted by Crippen LogP contribution is -2.43. The number of halogens is 1. The summed E-state index contributed by atoms with van der Waals surface area (Å²) in [7, 11) is 1.74. The first-order chi connectivity index (χ1) is 11.1. The second-order valence-corrected chi connectivity index (χ2v) is 5.76. The normalized spacial score (nSPS) is 11.4. The number of nitrogens with zero attached hydrogens (tertiary/aromatic N) is 1. The highest BCUT2D eigenvalue weighted by Gasteiger charge is 2.06. The van der Waals surface area contributed by atoms with Crippen LogP contribution >= 0.6 is 11.6 Å². The molecule has 0 aliphatic carbocycles. The van der Waals surface area contributed by atoms with Gasteiger partial charge < -0.3 is 16.0 Å². The molecule has 0 radical (unpaired) electrons. The zero-order valence-electron chi connectivity index (χ0n) is 14.2. The van der Waals surface area contributed by atoms with Crippen LogP contribution in [0.5, 0.6) is 0 Å². The molecule has 0 aromatic heterocycles. The van der Waals surface area contributed by atoms with Crippen LogP contribution in [0.1, 0.15) is 37.0 Å². The number of guanidine groups is 1. The Balaban J connectivity index is 2.27. The Bertz CT molecular complexity index is 498. The predicted octanol–water partition coefficient (Wildman–Crippen LogP) is 2.67. The van der Waals surface area contributed by atoms with Crippen LogP contribution in [-0.2, 0) is 0 Å². The fourth-order valence-corrected chi connectivity index (χ4v) is 2.23. The van der Waals surface area contributed by atoms with Gasteiger partial charge in [0.2, 0.25) is 0 Å². The lowest BCUT2D eigenvalue weighted by Gasteiger charge is -2.16. The lowest BCUT2D eigenvalue weighted by molar-refractivity contribution is 0.0954. The summed E-state index contributed by atoms with van der Waals surface area (Å²) in [5.74, 6) is 1.30. The summed E-state index contributed by atoms with van der Waals surface area (Å²) in [6.07, 6.45) is 2.30. The van der Waals surface area contributed by atoms with E-state index in [4.69, 9.17) is 11.6 Å². The third kappa shape index (κ3) is 7.37. The molecule has 6 heteroatoms. The maximum absolute atomic E-state index is 11.9. The third-order valence-corrected chi connectivity index (χ3v) is 4.00. The van der Waals surface area contributed by atoms with Crippen LogP contribution in [0, 0.1) is 5.92 Å². The Morgan fingerprint density at radius 2 is 1.70 bits per heavy atom. The Labute approximate surface area is 143 Å². The van der Waals surface area contributed by atoms with E-state index < -0.39 is 0 Å². The molecule has 1 aromatic carbocycles. The monoisotopic (exact) mass is 338 g/mol. The summed E-state index contributed by atoms with van der Waals surface area (Å²) < 4.78 is 0. The molecule has 0 spiro atoms. The molecule has 0 atom stereocenters. The Morgan fingerprint density at radius 3 is 2.26 bits per heavy atom. The summed E-state index contributed by atoms with van der Waals surface area (Å²) in [5, 5.41) is 9.98. The SMILES string of the molecule is CCC(CC)CNC(=NC)NCCNC(=O)c1ccc(Cl)cc1. The van der Waals surface area contributed by atoms with Gasteiger partial charge in [0.1, 0.15) is 0 Å². The Hall–Kier alpha value is -1.75. The van der Waals surface area contributed by atoms with Crippen LogP contribution < -0.4 is 16.0 Å². The maximum atomic E-state index is 11.9. The zero-order chi connectivity index (χ0) is 17.1. The number of hydrogen-bond donors (Lipinski definition) is 3. The number of amides is 1. The van der Waals surface area contributed by atoms with E-state index in [1.165, 1.54) is 0 Å². The number of carbonyl (C=O) groups is 1. The molecule has 128 valence electrons. The Morgan fingerprint density at radius 1 is 1.09 bits per heavy atom. The summed E-state index contributed by atoms with van der Waals surface area (Å²) in [6, 6.07) is 6.83. The average molecular weight is 339 g/mol. The van der Waals surface area contributed by atoms with Crippen molar-refractivity contribution in [3.63, 3.8) is 0 Å². The van der Waals surface area contributed by atoms with Gasteiger partial charge in [-0.1, -0.05) is 38.3 Å². The van der Waals surface area contributed by atoms with Crippen molar-refractivity contribution in [2.24, 2.45) is 10.9 Å². The fourth-order valence-electron chi connectivity index (χ4n) is 2.10. The van der Waals surface area contributed by atoms with Gasteiger partial charge in [-0.3, -0.25) is 9.79 Å². The van der Waals surface area contributed by atoms with Crippen LogP contribution in [0.2, 0.25) is 5.02 Å². The van der Waals surface area contributed by atoms with Gasteiger partial charge in [-0.15, -0.1) is 0 Å². The molecular weight excluding hydrogens is 312 g/mol. The highest BCUT2D eigenvalue weighted by Crippen LogP contribution is 2.09. The van der Waals surface area contributed by atoms with Crippen LogP contribution in [-0.4, -0.2) is 38.5 Å². The van der Waals surface area contributed by atoms with Crippen LogP contribution in [0.4, 0.5) is 0 Å². The third-order valence-electron chi connectivity index (χ3n) is 3.75. The molecule has 1 amide bonds. The molecular formula is C17H27ClN4O. The molecule has 5 nitrogen and oxygen atoms in total. The summed E-state index contributed by atoms with van der Waals surface area (Å²) in [6.45, 7) is 6.43. The second kappa shape index (κ2) is 10.9. The molecule has 0 saturated heterocycles. The predicted molar refractivity (Wildman–Crippen MR) is 97.2 cm³/mol. The van der Waals surface area contributed by atoms with E-state index in [1.54, 1.807) is 31.3 Å². The van der Waals surface area contributed by atoms with Gasteiger partial charge in [0.15, 0.2) is 5.96 Å². The van der Waals surface area contributed by atoms with E-state index in [2.05, 4.69) is 34.8 Å². The van der Waals surface area contributed by atoms with Crippen molar-refractivity contribution >= 4 is 23.5 Å². The first-order valence-electron chi connectivity index (χ1n) is 8.08. The van der Waals surface area contributed by atoms with Gasteiger partial charge in [0.05, 0.1) is 0 Å². The zero-order valence-corrected chi connectivity index (χ0v) is 14.9. The van der Waals surface area contributed by atoms with E-state index in [1.807, 2.05) is 0 Å². The molecule has 1 aromatic rings. The standard InChI is InChI=1S/C17H27ClN4O/c1-4-13(5-2)12-22-17(19-3)21-11-10-20-16(23)14-6-8-15(18)9-7-14/h6-9,13H,4-5,10-12H2,1-3H3,(H,20,23)(H2,19,21,22). The van der Waals surface area contributed by atoms with Gasteiger partial charge in [-0.2, -0.15) is 0 Å². The topological polar surface area (TPSA) is 65.5 Å². The van der Waals surface area contributed by atoms with Crippen LogP contribution in [0.3, 0.4) is 0 Å². The van der Waals surface area contributed by atoms with Crippen molar-refractivity contribution in [2.75, 3.05) is 26.7 Å². The van der Waals surface area contributed by atoms with Crippen molar-refractivity contribution in [3.05, 3.63) is 34.9 Å². The largest absolute Gasteiger partial charge is 0.356 e. The van der Waals surface area contributed by atoms with Crippen molar-refractivity contribution in [1.82, 2.24) is 16.0 Å². The van der Waals surface area contributed by atoms with Gasteiger partial charge in [-0.25, -0.2) is 0 Å². The molecule has 0 heterocycles. The van der Waals surface area contributed by atoms with E-state index >= 15 is 0 Å². The second-order valence-electron chi connectivity index (χ2n) is 5.33. The average Bonchev–Trinajstić information content (AvgIpc) is 2.57. The maximum Gasteiger partial charge on any atom is 0.251 e. The van der Waals surface area contributed by atoms with Gasteiger partial charge in [-0.05, 0) is 30.2 Å². The summed E-state index contributed by atoms with van der Waals surface area (Å²) >= 11 is 5.80. The first kappa shape index (κ1) is 19.3. The number of hydrogen-bond acceptors (Lipinski definition) is 2. The van der Waals surface area contributed by atoms with Crippen molar-refractivity contribution < 1.29 is 4.79 Å². The number of rotatable bonds is 8. The molecule has 0 bridgehead atoms. The van der Waals surface area contributed by atoms with Gasteiger partial charge in [0, 0.05) is 37.3 Å². The van der Waals surface area contributed by atoms with E-state index in [-0.39, 0.29) is 5.91 Å². The highest BCUT2D eigenvalue weighted by atomic mass is 35.5. The fraction of sp³-hybridized carbons (Fsp3) is 0.529. The minimum Gasteiger partial charge on any atom is -0.356 e. The van der Waals surface area contributed by atoms with E-state index in [9.17, 15) is 4.79 Å². The molecule has 0 aliphatic heterocycles. The quantitative estimate of drug-likeness (QED) is 0.388. The molecule has 0 fully saturated rings. The minimum atomic E-state index is -0.108. The molecule has 0 aliphatic rings. The number of aliphatic imine (C=N–C) groups is 1. The highest BCUT2D eigenvalue weighted by molar-refractivity contribution is 6.30. The van der Waals surface area contributed by atoms with Crippen molar-refractivity contribution in [3.8, 4) is 0 Å². The number of nitrogens with one attached hydrogen (secondary N) is 3. The lowest BCUT2D eigenvalue weighted by atomic mass is 10.0. The smallest absolute Gasteiger partial charge is 0.251 e. The molecule has 1 rings (SSSR count). The van der Waals surface area contributed by atoms with E-state index in [0.29, 0.717) is 29.6 Å².